The van der Waals surface area contributed by atoms with Gasteiger partial charge in [0.15, 0.2) is 0 Å². The van der Waals surface area contributed by atoms with Gasteiger partial charge in [0, 0.05) is 18.3 Å². The highest BCUT2D eigenvalue weighted by Gasteiger charge is 2.22. The molecule has 1 amide bonds. The van der Waals surface area contributed by atoms with Crippen LogP contribution in [0.5, 0.6) is 0 Å². The zero-order valence-electron chi connectivity index (χ0n) is 9.12. The maximum Gasteiger partial charge on any atom is 0.326 e. The van der Waals surface area contributed by atoms with Gasteiger partial charge in [-0.2, -0.15) is 5.10 Å². The van der Waals surface area contributed by atoms with E-state index in [0.29, 0.717) is 5.69 Å². The molecular formula is C9H10N6O3. The molecule has 0 saturated heterocycles. The Kier molecular flexibility index (Phi) is 3.32. The van der Waals surface area contributed by atoms with Gasteiger partial charge in [-0.15, -0.1) is 0 Å². The van der Waals surface area contributed by atoms with E-state index < -0.39 is 17.9 Å². The first kappa shape index (κ1) is 11.8. The van der Waals surface area contributed by atoms with Crippen molar-refractivity contribution >= 4 is 11.9 Å². The number of carboxylic acid groups (broad SMARTS) is 1. The van der Waals surface area contributed by atoms with Gasteiger partial charge in [0.25, 0.3) is 5.91 Å². The largest absolute Gasteiger partial charge is 0.480 e. The smallest absolute Gasteiger partial charge is 0.326 e. The van der Waals surface area contributed by atoms with Gasteiger partial charge >= 0.3 is 5.97 Å². The van der Waals surface area contributed by atoms with Gasteiger partial charge in [0.1, 0.15) is 12.4 Å². The topological polar surface area (TPSA) is 137 Å². The number of imidazole rings is 1. The summed E-state index contributed by atoms with van der Waals surface area (Å²) in [6.45, 7) is 0. The van der Waals surface area contributed by atoms with E-state index in [1.807, 2.05) is 0 Å². The molecule has 4 N–H and O–H groups in total. The normalized spacial score (nSPS) is 12.0. The van der Waals surface area contributed by atoms with Crippen molar-refractivity contribution in [1.82, 2.24) is 30.5 Å². The Bertz CT molecular complexity index is 521. The zero-order valence-corrected chi connectivity index (χ0v) is 9.12. The summed E-state index contributed by atoms with van der Waals surface area (Å²) in [7, 11) is 0. The Morgan fingerprint density at radius 1 is 1.50 bits per heavy atom. The molecule has 2 heterocycles. The molecule has 2 rings (SSSR count). The van der Waals surface area contributed by atoms with Crippen LogP contribution < -0.4 is 5.32 Å². The lowest BCUT2D eigenvalue weighted by Crippen LogP contribution is -2.42. The Morgan fingerprint density at radius 2 is 2.33 bits per heavy atom. The van der Waals surface area contributed by atoms with Gasteiger partial charge in [-0.1, -0.05) is 0 Å². The third-order valence-corrected chi connectivity index (χ3v) is 2.21. The molecule has 0 bridgehead atoms. The third-order valence-electron chi connectivity index (χ3n) is 2.21. The maximum absolute atomic E-state index is 11.6. The second kappa shape index (κ2) is 5.08. The monoisotopic (exact) mass is 250 g/mol. The molecule has 18 heavy (non-hydrogen) atoms. The molecule has 9 heteroatoms. The van der Waals surface area contributed by atoms with Crippen LogP contribution in [0.3, 0.4) is 0 Å². The third kappa shape index (κ3) is 2.70. The molecule has 2 aromatic heterocycles. The maximum atomic E-state index is 11.6. The van der Waals surface area contributed by atoms with Crippen LogP contribution in [0.2, 0.25) is 0 Å². The summed E-state index contributed by atoms with van der Waals surface area (Å²) in [6.07, 6.45) is 4.21. The van der Waals surface area contributed by atoms with E-state index in [1.54, 1.807) is 0 Å². The SMILES string of the molecule is O=C(N[C@@H](Cc1cnc[nH]1)C(=O)O)c1ncn[nH]1. The van der Waals surface area contributed by atoms with Gasteiger partial charge in [-0.3, -0.25) is 9.89 Å². The first-order valence-electron chi connectivity index (χ1n) is 5.03. The molecule has 2 aromatic rings. The first-order valence-corrected chi connectivity index (χ1v) is 5.03. The molecular weight excluding hydrogens is 240 g/mol. The highest BCUT2D eigenvalue weighted by Crippen LogP contribution is 2.00. The van der Waals surface area contributed by atoms with Gasteiger partial charge in [-0.05, 0) is 0 Å². The molecule has 9 nitrogen and oxygen atoms in total. The van der Waals surface area contributed by atoms with Crippen LogP contribution in [0, 0.1) is 0 Å². The zero-order chi connectivity index (χ0) is 13.0. The number of hydrogen-bond donors (Lipinski definition) is 4. The average Bonchev–Trinajstić information content (AvgIpc) is 3.00. The number of rotatable bonds is 5. The molecule has 0 fully saturated rings. The number of aliphatic carboxylic acids is 1. The molecule has 0 radical (unpaired) electrons. The van der Waals surface area contributed by atoms with Crippen molar-refractivity contribution in [3.8, 4) is 0 Å². The van der Waals surface area contributed by atoms with Gasteiger partial charge in [0.2, 0.25) is 5.82 Å². The van der Waals surface area contributed by atoms with Crippen molar-refractivity contribution in [2.24, 2.45) is 0 Å². The summed E-state index contributed by atoms with van der Waals surface area (Å²) < 4.78 is 0. The summed E-state index contributed by atoms with van der Waals surface area (Å²) in [5.74, 6) is -1.80. The lowest BCUT2D eigenvalue weighted by atomic mass is 10.1. The van der Waals surface area contributed by atoms with Crippen LogP contribution in [0.15, 0.2) is 18.9 Å². The van der Waals surface area contributed by atoms with E-state index in [9.17, 15) is 9.59 Å². The fraction of sp³-hybridized carbons (Fsp3) is 0.222. The van der Waals surface area contributed by atoms with E-state index in [-0.39, 0.29) is 12.2 Å². The molecule has 0 spiro atoms. The number of carbonyl (C=O) groups is 2. The summed E-state index contributed by atoms with van der Waals surface area (Å²) >= 11 is 0. The lowest BCUT2D eigenvalue weighted by Gasteiger charge is -2.12. The van der Waals surface area contributed by atoms with E-state index in [4.69, 9.17) is 5.11 Å². The Labute approximate surface area is 101 Å². The van der Waals surface area contributed by atoms with Crippen molar-refractivity contribution in [1.29, 1.82) is 0 Å². The second-order valence-electron chi connectivity index (χ2n) is 3.48. The predicted octanol–water partition coefficient (Wildman–Crippen LogP) is -1.05. The van der Waals surface area contributed by atoms with Gasteiger partial charge in [-0.25, -0.2) is 14.8 Å². The molecule has 0 unspecified atom stereocenters. The minimum Gasteiger partial charge on any atom is -0.480 e. The standard InChI is InChI=1S/C9H10N6O3/c16-8(7-12-4-13-15-7)14-6(9(17)18)1-5-2-10-3-11-5/h2-4,6H,1H2,(H,10,11)(H,14,16)(H,17,18)(H,12,13,15)/t6-/m0/s1. The summed E-state index contributed by atoms with van der Waals surface area (Å²) in [5.41, 5.74) is 0.611. The second-order valence-corrected chi connectivity index (χ2v) is 3.48. The number of aromatic amines is 2. The summed E-state index contributed by atoms with van der Waals surface area (Å²) in [6, 6.07) is -1.07. The van der Waals surface area contributed by atoms with Gasteiger partial charge in [0.05, 0.1) is 6.33 Å². The first-order chi connectivity index (χ1) is 8.66. The predicted molar refractivity (Wildman–Crippen MR) is 57.6 cm³/mol. The summed E-state index contributed by atoms with van der Waals surface area (Å²) in [4.78, 5) is 32.8. The van der Waals surface area contributed by atoms with Crippen LogP contribution in [-0.4, -0.2) is 48.2 Å². The van der Waals surface area contributed by atoms with Crippen LogP contribution in [-0.2, 0) is 11.2 Å². The molecule has 0 saturated carbocycles. The lowest BCUT2D eigenvalue weighted by molar-refractivity contribution is -0.139. The quantitative estimate of drug-likeness (QED) is 0.534. The van der Waals surface area contributed by atoms with Crippen molar-refractivity contribution in [3.63, 3.8) is 0 Å². The summed E-state index contributed by atoms with van der Waals surface area (Å²) in [5, 5.41) is 17.2. The Morgan fingerprint density at radius 3 is 2.89 bits per heavy atom. The number of amides is 1. The van der Waals surface area contributed by atoms with Crippen LogP contribution >= 0.6 is 0 Å². The molecule has 0 aliphatic carbocycles. The molecule has 0 aliphatic heterocycles. The van der Waals surface area contributed by atoms with Crippen LogP contribution in [0.25, 0.3) is 0 Å². The number of H-pyrrole nitrogens is 2. The Balaban J connectivity index is 2.03. The van der Waals surface area contributed by atoms with E-state index in [1.165, 1.54) is 18.9 Å². The fourth-order valence-electron chi connectivity index (χ4n) is 1.36. The van der Waals surface area contributed by atoms with E-state index in [0.717, 1.165) is 0 Å². The van der Waals surface area contributed by atoms with Crippen molar-refractivity contribution in [3.05, 3.63) is 30.4 Å². The Hall–Kier alpha value is -2.71. The minimum atomic E-state index is -1.14. The molecule has 0 aliphatic rings. The highest BCUT2D eigenvalue weighted by molar-refractivity contribution is 5.93. The molecule has 0 aromatic carbocycles. The highest BCUT2D eigenvalue weighted by atomic mass is 16.4. The minimum absolute atomic E-state index is 0.0362. The number of carbonyl (C=O) groups excluding carboxylic acids is 1. The molecule has 1 atom stereocenters. The number of hydrogen-bond acceptors (Lipinski definition) is 5. The van der Waals surface area contributed by atoms with Crippen molar-refractivity contribution in [2.45, 2.75) is 12.5 Å². The van der Waals surface area contributed by atoms with E-state index >= 15 is 0 Å². The van der Waals surface area contributed by atoms with Crippen molar-refractivity contribution in [2.75, 3.05) is 0 Å². The molecule has 94 valence electrons. The number of nitrogens with one attached hydrogen (secondary N) is 3. The fourth-order valence-corrected chi connectivity index (χ4v) is 1.36. The van der Waals surface area contributed by atoms with Crippen LogP contribution in [0.1, 0.15) is 16.3 Å². The van der Waals surface area contributed by atoms with E-state index in [2.05, 4.69) is 30.5 Å². The number of nitrogens with zero attached hydrogens (tertiary/aromatic N) is 3. The average molecular weight is 250 g/mol. The number of aromatic nitrogens is 5. The number of carboxylic acids is 1. The van der Waals surface area contributed by atoms with Gasteiger partial charge < -0.3 is 15.4 Å². The van der Waals surface area contributed by atoms with Crippen LogP contribution in [0.4, 0.5) is 0 Å². The van der Waals surface area contributed by atoms with Crippen molar-refractivity contribution < 1.29 is 14.7 Å².